The molecular weight excluding hydrogens is 478 g/mol. The molecule has 0 heterocycles. The van der Waals surface area contributed by atoms with E-state index < -0.39 is 10.8 Å². The van der Waals surface area contributed by atoms with Crippen LogP contribution in [0.25, 0.3) is 0 Å². The highest BCUT2D eigenvalue weighted by Crippen LogP contribution is 2.29. The maximum atomic E-state index is 13.1. The Hall–Kier alpha value is -4.02. The van der Waals surface area contributed by atoms with Crippen LogP contribution in [0.2, 0.25) is 0 Å². The van der Waals surface area contributed by atoms with Gasteiger partial charge in [-0.25, -0.2) is 4.79 Å². The van der Waals surface area contributed by atoms with Crippen LogP contribution in [0.4, 0.5) is 16.2 Å². The van der Waals surface area contributed by atoms with Crippen LogP contribution in [0.5, 0.6) is 11.5 Å². The standard InChI is InChI=1S/C26H35N5O6/c1-4-13-27-26(33)30-19-8-6-18(7-9-19)29-22-11-10-20(31(34)35)15-21(22)25(32)28-16-17-5-12-23(36-2)24(14-17)37-3/h5,10-12,14-15,18-19,29H,4,6-9,13,16H2,1-3H3,(H,28,32)(H2,27,30,33). The zero-order chi connectivity index (χ0) is 26.8. The normalized spacial score (nSPS) is 16.8. The first-order valence-electron chi connectivity index (χ1n) is 12.4. The number of hydrogen-bond acceptors (Lipinski definition) is 7. The van der Waals surface area contributed by atoms with Crippen molar-refractivity contribution in [1.29, 1.82) is 0 Å². The molecule has 3 amide bonds. The number of nitrogens with one attached hydrogen (secondary N) is 4. The van der Waals surface area contributed by atoms with Crippen LogP contribution in [0, 0.1) is 10.1 Å². The minimum absolute atomic E-state index is 0.0793. The predicted octanol–water partition coefficient (Wildman–Crippen LogP) is 3.97. The van der Waals surface area contributed by atoms with Crippen molar-refractivity contribution in [3.63, 3.8) is 0 Å². The Labute approximate surface area is 216 Å². The average molecular weight is 514 g/mol. The molecule has 0 bridgehead atoms. The number of nitro groups is 1. The quantitative estimate of drug-likeness (QED) is 0.263. The van der Waals surface area contributed by atoms with E-state index in [9.17, 15) is 19.7 Å². The first-order valence-corrected chi connectivity index (χ1v) is 12.4. The van der Waals surface area contributed by atoms with Gasteiger partial charge in [-0.15, -0.1) is 0 Å². The van der Waals surface area contributed by atoms with Gasteiger partial charge in [-0.3, -0.25) is 14.9 Å². The second-order valence-electron chi connectivity index (χ2n) is 8.95. The molecule has 0 spiro atoms. The number of carbonyl (C=O) groups excluding carboxylic acids is 2. The molecule has 3 rings (SSSR count). The zero-order valence-electron chi connectivity index (χ0n) is 21.5. The molecule has 37 heavy (non-hydrogen) atoms. The first-order chi connectivity index (χ1) is 17.8. The lowest BCUT2D eigenvalue weighted by molar-refractivity contribution is -0.384. The summed E-state index contributed by atoms with van der Waals surface area (Å²) in [4.78, 5) is 35.9. The minimum atomic E-state index is -0.518. The summed E-state index contributed by atoms with van der Waals surface area (Å²) in [6, 6.07) is 9.60. The Bertz CT molecular complexity index is 1100. The number of benzene rings is 2. The summed E-state index contributed by atoms with van der Waals surface area (Å²) in [5, 5.41) is 23.4. The van der Waals surface area contributed by atoms with Crippen molar-refractivity contribution in [2.45, 2.75) is 57.7 Å². The van der Waals surface area contributed by atoms with Gasteiger partial charge in [0.2, 0.25) is 0 Å². The summed E-state index contributed by atoms with van der Waals surface area (Å²) < 4.78 is 10.6. The van der Waals surface area contributed by atoms with E-state index in [-0.39, 0.29) is 35.9 Å². The Morgan fingerprint density at radius 1 is 0.973 bits per heavy atom. The van der Waals surface area contributed by atoms with Crippen molar-refractivity contribution < 1.29 is 24.0 Å². The summed E-state index contributed by atoms with van der Waals surface area (Å²) in [6.07, 6.45) is 4.06. The summed E-state index contributed by atoms with van der Waals surface area (Å²) in [7, 11) is 3.08. The maximum absolute atomic E-state index is 13.1. The summed E-state index contributed by atoms with van der Waals surface area (Å²) >= 11 is 0. The van der Waals surface area contributed by atoms with E-state index in [0.29, 0.717) is 23.7 Å². The van der Waals surface area contributed by atoms with Crippen LogP contribution in [0.1, 0.15) is 54.9 Å². The molecule has 1 aliphatic rings. The van der Waals surface area contributed by atoms with Gasteiger partial charge in [0.1, 0.15) is 0 Å². The van der Waals surface area contributed by atoms with Gasteiger partial charge in [-0.1, -0.05) is 13.0 Å². The third kappa shape index (κ3) is 7.73. The molecule has 11 nitrogen and oxygen atoms in total. The maximum Gasteiger partial charge on any atom is 0.315 e. The number of hydrogen-bond donors (Lipinski definition) is 4. The fraction of sp³-hybridized carbons (Fsp3) is 0.462. The Morgan fingerprint density at radius 2 is 1.68 bits per heavy atom. The van der Waals surface area contributed by atoms with Gasteiger partial charge < -0.3 is 30.7 Å². The molecule has 0 aliphatic heterocycles. The number of nitro benzene ring substituents is 1. The number of rotatable bonds is 11. The summed E-state index contributed by atoms with van der Waals surface area (Å²) in [5.74, 6) is 0.693. The molecule has 0 aromatic heterocycles. The number of methoxy groups -OCH3 is 2. The lowest BCUT2D eigenvalue weighted by Gasteiger charge is -2.30. The lowest BCUT2D eigenvalue weighted by Crippen LogP contribution is -2.45. The fourth-order valence-corrected chi connectivity index (χ4v) is 4.30. The summed E-state index contributed by atoms with van der Waals surface area (Å²) in [6.45, 7) is 2.85. The van der Waals surface area contributed by atoms with Crippen molar-refractivity contribution in [2.24, 2.45) is 0 Å². The average Bonchev–Trinajstić information content (AvgIpc) is 2.91. The van der Waals surface area contributed by atoms with Crippen molar-refractivity contribution in [1.82, 2.24) is 16.0 Å². The number of non-ortho nitro benzene ring substituents is 1. The second-order valence-corrected chi connectivity index (χ2v) is 8.95. The van der Waals surface area contributed by atoms with Gasteiger partial charge in [0.05, 0.1) is 24.7 Å². The van der Waals surface area contributed by atoms with Crippen molar-refractivity contribution in [2.75, 3.05) is 26.1 Å². The van der Waals surface area contributed by atoms with E-state index in [0.717, 1.165) is 37.7 Å². The predicted molar refractivity (Wildman–Crippen MR) is 140 cm³/mol. The van der Waals surface area contributed by atoms with E-state index in [1.165, 1.54) is 19.2 Å². The van der Waals surface area contributed by atoms with Gasteiger partial charge in [0, 0.05) is 43.0 Å². The Balaban J connectivity index is 1.65. The van der Waals surface area contributed by atoms with Crippen LogP contribution < -0.4 is 30.7 Å². The highest BCUT2D eigenvalue weighted by atomic mass is 16.6. The molecule has 200 valence electrons. The Kier molecular flexibility index (Phi) is 9.93. The van der Waals surface area contributed by atoms with Crippen molar-refractivity contribution >= 4 is 23.3 Å². The van der Waals surface area contributed by atoms with Gasteiger partial charge in [0.15, 0.2) is 11.5 Å². The molecule has 2 aromatic rings. The minimum Gasteiger partial charge on any atom is -0.493 e. The molecule has 0 saturated heterocycles. The SMILES string of the molecule is CCCNC(=O)NC1CCC(Nc2ccc([N+](=O)[O-])cc2C(=O)NCc2ccc(OC)c(OC)c2)CC1. The van der Waals surface area contributed by atoms with Crippen LogP contribution in [0.15, 0.2) is 36.4 Å². The number of nitrogens with zero attached hydrogens (tertiary/aromatic N) is 1. The zero-order valence-corrected chi connectivity index (χ0v) is 21.5. The molecule has 1 fully saturated rings. The number of amides is 3. The van der Waals surface area contributed by atoms with Gasteiger partial charge >= 0.3 is 6.03 Å². The van der Waals surface area contributed by atoms with Crippen molar-refractivity contribution in [3.05, 3.63) is 57.6 Å². The summed E-state index contributed by atoms with van der Waals surface area (Å²) in [5.41, 5.74) is 1.37. The van der Waals surface area contributed by atoms with Crippen LogP contribution in [-0.4, -0.2) is 49.7 Å². The molecule has 0 atom stereocenters. The molecule has 1 saturated carbocycles. The van der Waals surface area contributed by atoms with E-state index in [1.807, 2.05) is 13.0 Å². The largest absolute Gasteiger partial charge is 0.493 e. The number of carbonyl (C=O) groups is 2. The second kappa shape index (κ2) is 13.3. The van der Waals surface area contributed by atoms with Crippen molar-refractivity contribution in [3.8, 4) is 11.5 Å². The van der Waals surface area contributed by atoms with E-state index in [2.05, 4.69) is 21.3 Å². The first kappa shape index (κ1) is 27.6. The van der Waals surface area contributed by atoms with E-state index >= 15 is 0 Å². The molecule has 11 heteroatoms. The van der Waals surface area contributed by atoms with Gasteiger partial charge in [-0.2, -0.15) is 0 Å². The lowest BCUT2D eigenvalue weighted by atomic mass is 9.91. The highest BCUT2D eigenvalue weighted by Gasteiger charge is 2.24. The monoisotopic (exact) mass is 513 g/mol. The topological polar surface area (TPSA) is 144 Å². The number of urea groups is 1. The number of ether oxygens (including phenoxy) is 2. The van der Waals surface area contributed by atoms with E-state index in [4.69, 9.17) is 9.47 Å². The molecule has 4 N–H and O–H groups in total. The van der Waals surface area contributed by atoms with Crippen LogP contribution >= 0.6 is 0 Å². The molecule has 0 radical (unpaired) electrons. The molecule has 0 unspecified atom stereocenters. The number of anilines is 1. The van der Waals surface area contributed by atoms with Gasteiger partial charge in [0.25, 0.3) is 11.6 Å². The Morgan fingerprint density at radius 3 is 2.32 bits per heavy atom. The molecule has 2 aromatic carbocycles. The highest BCUT2D eigenvalue weighted by molar-refractivity contribution is 6.00. The van der Waals surface area contributed by atoms with E-state index in [1.54, 1.807) is 25.3 Å². The third-order valence-electron chi connectivity index (χ3n) is 6.32. The molecular formula is C26H35N5O6. The fourth-order valence-electron chi connectivity index (χ4n) is 4.30. The van der Waals surface area contributed by atoms with Crippen LogP contribution in [0.3, 0.4) is 0 Å². The smallest absolute Gasteiger partial charge is 0.315 e. The third-order valence-corrected chi connectivity index (χ3v) is 6.32. The molecule has 1 aliphatic carbocycles. The van der Waals surface area contributed by atoms with Crippen LogP contribution in [-0.2, 0) is 6.54 Å². The van der Waals surface area contributed by atoms with Gasteiger partial charge in [-0.05, 0) is 55.9 Å².